The SMILES string of the molecule is ClCCc1cccc(C2CCNC2)c1. The van der Waals surface area contributed by atoms with Crippen LogP contribution in [0.15, 0.2) is 24.3 Å². The molecule has 0 spiro atoms. The van der Waals surface area contributed by atoms with E-state index in [4.69, 9.17) is 11.6 Å². The molecule has 1 aromatic rings. The van der Waals surface area contributed by atoms with Gasteiger partial charge in [0, 0.05) is 12.4 Å². The smallest absolute Gasteiger partial charge is 0.0263 e. The fraction of sp³-hybridized carbons (Fsp3) is 0.500. The lowest BCUT2D eigenvalue weighted by Crippen LogP contribution is -2.08. The molecule has 1 heterocycles. The number of benzene rings is 1. The van der Waals surface area contributed by atoms with Crippen molar-refractivity contribution in [3.63, 3.8) is 0 Å². The standard InChI is InChI=1S/C12H16ClN/c13-6-4-10-2-1-3-11(8-10)12-5-7-14-9-12/h1-3,8,12,14H,4-7,9H2. The highest BCUT2D eigenvalue weighted by atomic mass is 35.5. The first-order valence-electron chi connectivity index (χ1n) is 5.25. The average molecular weight is 210 g/mol. The molecule has 1 nitrogen and oxygen atoms in total. The van der Waals surface area contributed by atoms with E-state index in [1.54, 1.807) is 0 Å². The van der Waals surface area contributed by atoms with E-state index in [2.05, 4.69) is 29.6 Å². The van der Waals surface area contributed by atoms with Gasteiger partial charge in [-0.1, -0.05) is 24.3 Å². The maximum atomic E-state index is 5.74. The zero-order valence-corrected chi connectivity index (χ0v) is 9.06. The van der Waals surface area contributed by atoms with Crippen LogP contribution in [-0.2, 0) is 6.42 Å². The van der Waals surface area contributed by atoms with E-state index >= 15 is 0 Å². The molecule has 1 unspecified atom stereocenters. The summed E-state index contributed by atoms with van der Waals surface area (Å²) in [6.07, 6.45) is 2.25. The van der Waals surface area contributed by atoms with Crippen LogP contribution < -0.4 is 5.32 Å². The van der Waals surface area contributed by atoms with Gasteiger partial charge >= 0.3 is 0 Å². The average Bonchev–Trinajstić information content (AvgIpc) is 2.71. The number of alkyl halides is 1. The van der Waals surface area contributed by atoms with Gasteiger partial charge in [-0.25, -0.2) is 0 Å². The molecule has 0 amide bonds. The highest BCUT2D eigenvalue weighted by molar-refractivity contribution is 6.17. The topological polar surface area (TPSA) is 12.0 Å². The Balaban J connectivity index is 2.12. The van der Waals surface area contributed by atoms with Crippen molar-refractivity contribution in [3.05, 3.63) is 35.4 Å². The fourth-order valence-electron chi connectivity index (χ4n) is 2.05. The number of aryl methyl sites for hydroxylation is 1. The maximum absolute atomic E-state index is 5.74. The zero-order chi connectivity index (χ0) is 9.80. The van der Waals surface area contributed by atoms with Crippen LogP contribution in [0.5, 0.6) is 0 Å². The van der Waals surface area contributed by atoms with Gasteiger partial charge in [0.1, 0.15) is 0 Å². The van der Waals surface area contributed by atoms with Gasteiger partial charge in [0.15, 0.2) is 0 Å². The summed E-state index contributed by atoms with van der Waals surface area (Å²) in [4.78, 5) is 0. The van der Waals surface area contributed by atoms with Crippen molar-refractivity contribution in [2.24, 2.45) is 0 Å². The minimum absolute atomic E-state index is 0.713. The minimum atomic E-state index is 0.713. The molecule has 1 fully saturated rings. The molecule has 1 aromatic carbocycles. The zero-order valence-electron chi connectivity index (χ0n) is 8.30. The Morgan fingerprint density at radius 3 is 3.07 bits per heavy atom. The van der Waals surface area contributed by atoms with E-state index in [0.717, 1.165) is 19.5 Å². The summed E-state index contributed by atoms with van der Waals surface area (Å²) in [5.74, 6) is 1.43. The van der Waals surface area contributed by atoms with Crippen molar-refractivity contribution in [1.29, 1.82) is 0 Å². The van der Waals surface area contributed by atoms with Gasteiger partial charge in [0.05, 0.1) is 0 Å². The second-order valence-corrected chi connectivity index (χ2v) is 4.25. The molecule has 2 rings (SSSR count). The van der Waals surface area contributed by atoms with Crippen LogP contribution in [0.2, 0.25) is 0 Å². The van der Waals surface area contributed by atoms with Gasteiger partial charge < -0.3 is 5.32 Å². The second-order valence-electron chi connectivity index (χ2n) is 3.87. The lowest BCUT2D eigenvalue weighted by molar-refractivity contribution is 0.761. The Bertz CT molecular complexity index is 292. The van der Waals surface area contributed by atoms with Crippen molar-refractivity contribution in [2.75, 3.05) is 19.0 Å². The van der Waals surface area contributed by atoms with Gasteiger partial charge in [-0.2, -0.15) is 0 Å². The van der Waals surface area contributed by atoms with Crippen LogP contribution in [0.3, 0.4) is 0 Å². The van der Waals surface area contributed by atoms with E-state index in [0.29, 0.717) is 11.8 Å². The predicted octanol–water partition coefficient (Wildman–Crippen LogP) is 2.54. The summed E-state index contributed by atoms with van der Waals surface area (Å²) in [6, 6.07) is 8.85. The highest BCUT2D eigenvalue weighted by Gasteiger charge is 2.16. The number of nitrogens with one attached hydrogen (secondary N) is 1. The first kappa shape index (κ1) is 10.0. The largest absolute Gasteiger partial charge is 0.316 e. The van der Waals surface area contributed by atoms with E-state index in [1.807, 2.05) is 0 Å². The first-order chi connectivity index (χ1) is 6.90. The van der Waals surface area contributed by atoms with E-state index in [9.17, 15) is 0 Å². The lowest BCUT2D eigenvalue weighted by Gasteiger charge is -2.09. The van der Waals surface area contributed by atoms with Crippen LogP contribution in [0.4, 0.5) is 0 Å². The van der Waals surface area contributed by atoms with Gasteiger partial charge in [0.2, 0.25) is 0 Å². The molecule has 1 atom stereocenters. The van der Waals surface area contributed by atoms with E-state index in [1.165, 1.54) is 17.5 Å². The molecule has 0 aliphatic carbocycles. The first-order valence-corrected chi connectivity index (χ1v) is 5.79. The van der Waals surface area contributed by atoms with Crippen molar-refractivity contribution in [1.82, 2.24) is 5.32 Å². The Hall–Kier alpha value is -0.530. The summed E-state index contributed by atoms with van der Waals surface area (Å²) in [5.41, 5.74) is 2.84. The molecule has 1 aliphatic rings. The predicted molar refractivity (Wildman–Crippen MR) is 61.1 cm³/mol. The van der Waals surface area contributed by atoms with Crippen LogP contribution in [0.1, 0.15) is 23.5 Å². The lowest BCUT2D eigenvalue weighted by atomic mass is 9.96. The molecular weight excluding hydrogens is 194 g/mol. The molecule has 1 N–H and O–H groups in total. The van der Waals surface area contributed by atoms with Crippen molar-refractivity contribution in [3.8, 4) is 0 Å². The van der Waals surface area contributed by atoms with Crippen molar-refractivity contribution in [2.45, 2.75) is 18.8 Å². The summed E-state index contributed by atoms with van der Waals surface area (Å²) in [6.45, 7) is 2.29. The van der Waals surface area contributed by atoms with Crippen LogP contribution in [-0.4, -0.2) is 19.0 Å². The minimum Gasteiger partial charge on any atom is -0.316 e. The molecule has 0 aromatic heterocycles. The van der Waals surface area contributed by atoms with Crippen LogP contribution in [0, 0.1) is 0 Å². The summed E-state index contributed by atoms with van der Waals surface area (Å²) < 4.78 is 0. The number of halogens is 1. The molecule has 14 heavy (non-hydrogen) atoms. The molecule has 0 saturated carbocycles. The third-order valence-corrected chi connectivity index (χ3v) is 3.05. The van der Waals surface area contributed by atoms with Crippen LogP contribution >= 0.6 is 11.6 Å². The molecule has 1 saturated heterocycles. The second kappa shape index (κ2) is 4.81. The van der Waals surface area contributed by atoms with Gasteiger partial charge in [-0.3, -0.25) is 0 Å². The maximum Gasteiger partial charge on any atom is 0.0263 e. The number of hydrogen-bond acceptors (Lipinski definition) is 1. The Morgan fingerprint density at radius 2 is 2.36 bits per heavy atom. The number of hydrogen-bond donors (Lipinski definition) is 1. The third-order valence-electron chi connectivity index (χ3n) is 2.87. The normalized spacial score (nSPS) is 21.4. The monoisotopic (exact) mass is 209 g/mol. The van der Waals surface area contributed by atoms with E-state index in [-0.39, 0.29) is 0 Å². The van der Waals surface area contributed by atoms with Crippen molar-refractivity contribution >= 4 is 11.6 Å². The molecule has 2 heteroatoms. The summed E-state index contributed by atoms with van der Waals surface area (Å²) in [5, 5.41) is 3.40. The van der Waals surface area contributed by atoms with Gasteiger partial charge in [-0.05, 0) is 36.4 Å². The molecule has 1 aliphatic heterocycles. The molecule has 0 radical (unpaired) electrons. The third kappa shape index (κ3) is 2.28. The van der Waals surface area contributed by atoms with Crippen molar-refractivity contribution < 1.29 is 0 Å². The Morgan fingerprint density at radius 1 is 1.43 bits per heavy atom. The molecule has 0 bridgehead atoms. The fourth-order valence-corrected chi connectivity index (χ4v) is 2.27. The van der Waals surface area contributed by atoms with E-state index < -0.39 is 0 Å². The molecule has 76 valence electrons. The molecular formula is C12H16ClN. The quantitative estimate of drug-likeness (QED) is 0.755. The highest BCUT2D eigenvalue weighted by Crippen LogP contribution is 2.23. The Labute approximate surface area is 90.5 Å². The summed E-state index contributed by atoms with van der Waals surface area (Å²) in [7, 11) is 0. The van der Waals surface area contributed by atoms with Gasteiger partial charge in [0.25, 0.3) is 0 Å². The number of rotatable bonds is 3. The Kier molecular flexibility index (Phi) is 3.44. The van der Waals surface area contributed by atoms with Gasteiger partial charge in [-0.15, -0.1) is 11.6 Å². The summed E-state index contributed by atoms with van der Waals surface area (Å²) >= 11 is 5.74. The van der Waals surface area contributed by atoms with Crippen LogP contribution in [0.25, 0.3) is 0 Å².